The molecule has 44 valence electrons. The minimum absolute atomic E-state index is 0.692. The van der Waals surface area contributed by atoms with Crippen molar-refractivity contribution in [3.8, 4) is 0 Å². The molecular weight excluding hydrogens is 155 g/mol. The largest absolute Gasteiger partial charge is 0.344 e. The lowest BCUT2D eigenvalue weighted by Gasteiger charge is -2.06. The van der Waals surface area contributed by atoms with E-state index in [1.807, 2.05) is 0 Å². The lowest BCUT2D eigenvalue weighted by Crippen LogP contribution is -1.89. The summed E-state index contributed by atoms with van der Waals surface area (Å²) in [6, 6.07) is 0. The van der Waals surface area contributed by atoms with Gasteiger partial charge in [0.25, 0.3) is 0 Å². The quantitative estimate of drug-likeness (QED) is 0.442. The summed E-state index contributed by atoms with van der Waals surface area (Å²) in [5.41, 5.74) is 0. The van der Waals surface area contributed by atoms with Crippen LogP contribution in [0.25, 0.3) is 0 Å². The first kappa shape index (κ1) is 7.86. The van der Waals surface area contributed by atoms with Crippen molar-refractivity contribution in [1.29, 1.82) is 0 Å². The predicted molar refractivity (Wildman–Crippen MR) is 34.0 cm³/mol. The Morgan fingerprint density at radius 1 is 1.71 bits per heavy atom. The highest BCUT2D eigenvalue weighted by atomic mass is 35.5. The lowest BCUT2D eigenvalue weighted by atomic mass is 11.0. The van der Waals surface area contributed by atoms with E-state index >= 15 is 0 Å². The van der Waals surface area contributed by atoms with Crippen LogP contribution in [0.5, 0.6) is 0 Å². The van der Waals surface area contributed by atoms with Gasteiger partial charge in [-0.1, -0.05) is 0 Å². The molecule has 0 spiro atoms. The fraction of sp³-hybridized carbons (Fsp3) is 1.00. The third-order valence-electron chi connectivity index (χ3n) is 0.463. The summed E-state index contributed by atoms with van der Waals surface area (Å²) in [5.74, 6) is 0. The maximum Gasteiger partial charge on any atom is 0.201 e. The summed E-state index contributed by atoms with van der Waals surface area (Å²) >= 11 is 9.40. The van der Waals surface area contributed by atoms with Crippen LogP contribution in [-0.2, 0) is 11.8 Å². The molecule has 0 aromatic heterocycles. The molecule has 0 heterocycles. The zero-order valence-corrected chi connectivity index (χ0v) is 6.17. The molecule has 7 heavy (non-hydrogen) atoms. The van der Waals surface area contributed by atoms with Gasteiger partial charge in [-0.25, -0.2) is 0 Å². The Kier molecular flexibility index (Phi) is 2.72. The minimum Gasteiger partial charge on any atom is -0.344 e. The zero-order chi connectivity index (χ0) is 6.08. The van der Waals surface area contributed by atoms with Gasteiger partial charge >= 0.3 is 0 Å². The Labute approximate surface area is 52.3 Å². The Balaban J connectivity index is 3.80. The average Bonchev–Trinajstić information content (AvgIpc) is 1.31. The number of hydrogen-bond acceptors (Lipinski definition) is 1. The van der Waals surface area contributed by atoms with E-state index in [0.29, 0.717) is 0 Å². The normalized spacial score (nSPS) is 16.6. The second kappa shape index (κ2) is 2.42. The van der Waals surface area contributed by atoms with Crippen LogP contribution in [0.4, 0.5) is 0 Å². The van der Waals surface area contributed by atoms with Gasteiger partial charge in [0.1, 0.15) is 5.12 Å². The van der Waals surface area contributed by atoms with Gasteiger partial charge in [0.2, 0.25) is 6.49 Å². The summed E-state index contributed by atoms with van der Waals surface area (Å²) in [6.45, 7) is -1.68. The van der Waals surface area contributed by atoms with Gasteiger partial charge in [-0.2, -0.15) is 0 Å². The van der Waals surface area contributed by atoms with Gasteiger partial charge in [0.05, 0.1) is 0 Å². The molecule has 0 aliphatic heterocycles. The van der Waals surface area contributed by atoms with Crippen LogP contribution in [0.3, 0.4) is 0 Å². The first-order valence-corrected chi connectivity index (χ1v) is 4.85. The van der Waals surface area contributed by atoms with E-state index in [-0.39, 0.29) is 0 Å². The molecule has 0 aromatic carbocycles. The Morgan fingerprint density at radius 3 is 1.86 bits per heavy atom. The number of rotatable bonds is 1. The van der Waals surface area contributed by atoms with Crippen LogP contribution in [0.2, 0.25) is 0 Å². The second-order valence-corrected chi connectivity index (χ2v) is 5.69. The summed E-state index contributed by atoms with van der Waals surface area (Å²) in [5, 5.41) is -0.692. The van der Waals surface area contributed by atoms with Crippen LogP contribution in [0.1, 0.15) is 6.92 Å². The molecular formula is C2H6ClO2PS. The van der Waals surface area contributed by atoms with Crippen LogP contribution in [0.15, 0.2) is 0 Å². The topological polar surface area (TPSA) is 40.5 Å². The van der Waals surface area contributed by atoms with Crippen molar-refractivity contribution in [2.75, 3.05) is 0 Å². The van der Waals surface area contributed by atoms with E-state index in [2.05, 4.69) is 11.8 Å². The standard InChI is InChI=1S/C2H6ClO2PS/c1-2(3)6(4,5)7/h2H,1H3,(H2,4,5,7). The Bertz CT molecular complexity index is 97.9. The monoisotopic (exact) mass is 160 g/mol. The SMILES string of the molecule is CC(Cl)P(O)(O)=S. The molecule has 0 radical (unpaired) electrons. The van der Waals surface area contributed by atoms with E-state index in [1.165, 1.54) is 6.92 Å². The van der Waals surface area contributed by atoms with Crippen molar-refractivity contribution >= 4 is 29.9 Å². The van der Waals surface area contributed by atoms with Crippen LogP contribution < -0.4 is 0 Å². The maximum absolute atomic E-state index is 8.44. The summed E-state index contributed by atoms with van der Waals surface area (Å²) in [6.07, 6.45) is 0. The smallest absolute Gasteiger partial charge is 0.201 e. The predicted octanol–water partition coefficient (Wildman–Crippen LogP) is 0.865. The van der Waals surface area contributed by atoms with E-state index in [9.17, 15) is 0 Å². The highest BCUT2D eigenvalue weighted by Crippen LogP contribution is 2.43. The fourth-order valence-electron chi connectivity index (χ4n) is 0. The molecule has 0 saturated heterocycles. The van der Waals surface area contributed by atoms with E-state index in [0.717, 1.165) is 0 Å². The van der Waals surface area contributed by atoms with Crippen LogP contribution >= 0.6 is 18.1 Å². The van der Waals surface area contributed by atoms with E-state index in [1.54, 1.807) is 0 Å². The third-order valence-corrected chi connectivity index (χ3v) is 3.50. The van der Waals surface area contributed by atoms with E-state index in [4.69, 9.17) is 21.4 Å². The van der Waals surface area contributed by atoms with Crippen LogP contribution in [-0.4, -0.2) is 14.9 Å². The Hall–Kier alpha value is 0.860. The van der Waals surface area contributed by atoms with Gasteiger partial charge in [-0.15, -0.1) is 11.6 Å². The van der Waals surface area contributed by atoms with Crippen molar-refractivity contribution in [3.63, 3.8) is 0 Å². The summed E-state index contributed by atoms with van der Waals surface area (Å²) in [7, 11) is 0. The van der Waals surface area contributed by atoms with Gasteiger partial charge in [0, 0.05) is 0 Å². The molecule has 2 N–H and O–H groups in total. The first-order chi connectivity index (χ1) is 2.94. The molecule has 0 amide bonds. The molecule has 2 nitrogen and oxygen atoms in total. The first-order valence-electron chi connectivity index (χ1n) is 1.64. The molecule has 0 saturated carbocycles. The molecule has 0 aliphatic carbocycles. The molecule has 0 bridgehead atoms. The average molecular weight is 161 g/mol. The van der Waals surface area contributed by atoms with Crippen LogP contribution in [0, 0.1) is 0 Å². The van der Waals surface area contributed by atoms with Gasteiger partial charge in [-0.05, 0) is 18.7 Å². The van der Waals surface area contributed by atoms with E-state index < -0.39 is 11.6 Å². The molecule has 0 aliphatic rings. The highest BCUT2D eigenvalue weighted by Gasteiger charge is 2.13. The highest BCUT2D eigenvalue weighted by molar-refractivity contribution is 8.09. The van der Waals surface area contributed by atoms with Gasteiger partial charge < -0.3 is 9.79 Å². The van der Waals surface area contributed by atoms with Crippen molar-refractivity contribution in [3.05, 3.63) is 0 Å². The minimum atomic E-state index is -3.14. The third kappa shape index (κ3) is 3.44. The molecule has 1 atom stereocenters. The molecule has 5 heteroatoms. The number of alkyl halides is 1. The van der Waals surface area contributed by atoms with Crippen molar-refractivity contribution in [1.82, 2.24) is 0 Å². The Morgan fingerprint density at radius 2 is 1.86 bits per heavy atom. The van der Waals surface area contributed by atoms with Crippen molar-refractivity contribution < 1.29 is 9.79 Å². The summed E-state index contributed by atoms with van der Waals surface area (Å²) < 4.78 is 0. The fourth-order valence-corrected chi connectivity index (χ4v) is 0. The summed E-state index contributed by atoms with van der Waals surface area (Å²) in [4.78, 5) is 16.9. The van der Waals surface area contributed by atoms with Crippen molar-refractivity contribution in [2.24, 2.45) is 0 Å². The molecule has 0 rings (SSSR count). The second-order valence-electron chi connectivity index (χ2n) is 1.16. The number of halogens is 1. The zero-order valence-electron chi connectivity index (χ0n) is 3.71. The molecule has 0 aromatic rings. The molecule has 0 fully saturated rings. The maximum atomic E-state index is 8.44. The van der Waals surface area contributed by atoms with Gasteiger partial charge in [-0.3, -0.25) is 0 Å². The van der Waals surface area contributed by atoms with Crippen molar-refractivity contribution in [2.45, 2.75) is 12.0 Å². The number of hydrogen-bond donors (Lipinski definition) is 2. The molecule has 1 unspecified atom stereocenters. The van der Waals surface area contributed by atoms with Gasteiger partial charge in [0.15, 0.2) is 0 Å². The lowest BCUT2D eigenvalue weighted by molar-refractivity contribution is 0.476.